The molecule has 1 fully saturated rings. The van der Waals surface area contributed by atoms with Gasteiger partial charge in [-0.2, -0.15) is 0 Å². The van der Waals surface area contributed by atoms with Gasteiger partial charge in [-0.1, -0.05) is 0 Å². The third-order valence-electron chi connectivity index (χ3n) is 2.48. The van der Waals surface area contributed by atoms with Crippen molar-refractivity contribution >= 4 is 5.97 Å². The van der Waals surface area contributed by atoms with Gasteiger partial charge in [-0.15, -0.1) is 0 Å². The standard InChI is InChI=1S/C9H17NO3/c1-7(8-3-5-13-6-8)10-4-2-9(11)12/h7-8,10H,2-6H2,1H3,(H,11,12). The van der Waals surface area contributed by atoms with Crippen molar-refractivity contribution in [1.82, 2.24) is 5.32 Å². The minimum atomic E-state index is -0.748. The van der Waals surface area contributed by atoms with Crippen LogP contribution in [-0.2, 0) is 9.53 Å². The highest BCUT2D eigenvalue weighted by atomic mass is 16.5. The van der Waals surface area contributed by atoms with Crippen LogP contribution >= 0.6 is 0 Å². The Kier molecular flexibility index (Phi) is 4.18. The topological polar surface area (TPSA) is 58.6 Å². The minimum Gasteiger partial charge on any atom is -0.481 e. The summed E-state index contributed by atoms with van der Waals surface area (Å²) in [7, 11) is 0. The molecule has 4 nitrogen and oxygen atoms in total. The lowest BCUT2D eigenvalue weighted by molar-refractivity contribution is -0.136. The van der Waals surface area contributed by atoms with Gasteiger partial charge in [0, 0.05) is 19.2 Å². The molecule has 4 heteroatoms. The Labute approximate surface area is 78.3 Å². The van der Waals surface area contributed by atoms with Crippen molar-refractivity contribution in [3.8, 4) is 0 Å². The summed E-state index contributed by atoms with van der Waals surface area (Å²) in [5.74, 6) is -0.198. The molecule has 0 aromatic carbocycles. The molecule has 0 aromatic rings. The largest absolute Gasteiger partial charge is 0.481 e. The Morgan fingerprint density at radius 3 is 3.08 bits per heavy atom. The summed E-state index contributed by atoms with van der Waals surface area (Å²) in [4.78, 5) is 10.2. The molecule has 1 heterocycles. The van der Waals surface area contributed by atoms with Crippen LogP contribution in [0.4, 0.5) is 0 Å². The van der Waals surface area contributed by atoms with E-state index in [-0.39, 0.29) is 6.42 Å². The predicted molar refractivity (Wildman–Crippen MR) is 48.6 cm³/mol. The average Bonchev–Trinajstić information content (AvgIpc) is 2.55. The second-order valence-electron chi connectivity index (χ2n) is 3.51. The second kappa shape index (κ2) is 5.19. The van der Waals surface area contributed by atoms with Gasteiger partial charge >= 0.3 is 5.97 Å². The average molecular weight is 187 g/mol. The minimum absolute atomic E-state index is 0.192. The highest BCUT2D eigenvalue weighted by molar-refractivity contribution is 5.66. The van der Waals surface area contributed by atoms with Gasteiger partial charge in [0.15, 0.2) is 0 Å². The molecule has 0 spiro atoms. The molecule has 1 rings (SSSR count). The zero-order valence-corrected chi connectivity index (χ0v) is 7.95. The van der Waals surface area contributed by atoms with Crippen LogP contribution in [0, 0.1) is 5.92 Å². The van der Waals surface area contributed by atoms with Crippen LogP contribution in [0.1, 0.15) is 19.8 Å². The molecule has 0 amide bonds. The van der Waals surface area contributed by atoms with Crippen LogP contribution in [-0.4, -0.2) is 36.9 Å². The van der Waals surface area contributed by atoms with Crippen molar-refractivity contribution < 1.29 is 14.6 Å². The number of nitrogens with one attached hydrogen (secondary N) is 1. The fraction of sp³-hybridized carbons (Fsp3) is 0.889. The molecule has 0 bridgehead atoms. The maximum Gasteiger partial charge on any atom is 0.304 e. The summed E-state index contributed by atoms with van der Waals surface area (Å²) < 4.78 is 5.25. The lowest BCUT2D eigenvalue weighted by Crippen LogP contribution is -2.35. The molecule has 0 aromatic heterocycles. The lowest BCUT2D eigenvalue weighted by Gasteiger charge is -2.18. The van der Waals surface area contributed by atoms with Crippen LogP contribution < -0.4 is 5.32 Å². The highest BCUT2D eigenvalue weighted by Gasteiger charge is 2.21. The second-order valence-corrected chi connectivity index (χ2v) is 3.51. The van der Waals surface area contributed by atoms with Gasteiger partial charge in [0.25, 0.3) is 0 Å². The van der Waals surface area contributed by atoms with Gasteiger partial charge in [0.1, 0.15) is 0 Å². The SMILES string of the molecule is CC(NCCC(=O)O)C1CCOC1. The summed E-state index contributed by atoms with van der Waals surface area (Å²) in [5, 5.41) is 11.6. The summed E-state index contributed by atoms with van der Waals surface area (Å²) in [5.41, 5.74) is 0. The molecule has 1 aliphatic heterocycles. The molecular weight excluding hydrogens is 170 g/mol. The van der Waals surface area contributed by atoms with E-state index in [1.54, 1.807) is 0 Å². The van der Waals surface area contributed by atoms with E-state index in [0.717, 1.165) is 19.6 Å². The normalized spacial score (nSPS) is 24.5. The fourth-order valence-electron chi connectivity index (χ4n) is 1.52. The van der Waals surface area contributed by atoms with Gasteiger partial charge in [-0.3, -0.25) is 4.79 Å². The summed E-state index contributed by atoms with van der Waals surface area (Å²) in [6, 6.07) is 0.363. The first-order valence-electron chi connectivity index (χ1n) is 4.73. The predicted octanol–water partition coefficient (Wildman–Crippen LogP) is 0.476. The first-order chi connectivity index (χ1) is 6.20. The van der Waals surface area contributed by atoms with Crippen LogP contribution in [0.2, 0.25) is 0 Å². The maximum absolute atomic E-state index is 10.2. The molecule has 1 saturated heterocycles. The van der Waals surface area contributed by atoms with E-state index in [0.29, 0.717) is 18.5 Å². The molecule has 0 radical (unpaired) electrons. The number of hydrogen-bond acceptors (Lipinski definition) is 3. The Balaban J connectivity index is 2.09. The molecule has 0 aliphatic carbocycles. The Hall–Kier alpha value is -0.610. The van der Waals surface area contributed by atoms with Crippen molar-refractivity contribution in [3.63, 3.8) is 0 Å². The number of carboxylic acid groups (broad SMARTS) is 1. The first-order valence-corrected chi connectivity index (χ1v) is 4.73. The van der Waals surface area contributed by atoms with E-state index in [1.807, 2.05) is 0 Å². The molecule has 1 aliphatic rings. The maximum atomic E-state index is 10.2. The first kappa shape index (κ1) is 10.5. The Morgan fingerprint density at radius 2 is 2.54 bits per heavy atom. The van der Waals surface area contributed by atoms with Gasteiger partial charge in [0.2, 0.25) is 0 Å². The van der Waals surface area contributed by atoms with E-state index < -0.39 is 5.97 Å². The van der Waals surface area contributed by atoms with Gasteiger partial charge < -0.3 is 15.2 Å². The van der Waals surface area contributed by atoms with Crippen molar-refractivity contribution in [3.05, 3.63) is 0 Å². The molecule has 2 atom stereocenters. The smallest absolute Gasteiger partial charge is 0.304 e. The number of ether oxygens (including phenoxy) is 1. The van der Waals surface area contributed by atoms with Crippen LogP contribution in [0.15, 0.2) is 0 Å². The number of carboxylic acids is 1. The monoisotopic (exact) mass is 187 g/mol. The van der Waals surface area contributed by atoms with E-state index in [1.165, 1.54) is 0 Å². The van der Waals surface area contributed by atoms with Crippen molar-refractivity contribution in [2.75, 3.05) is 19.8 Å². The van der Waals surface area contributed by atoms with Crippen molar-refractivity contribution in [1.29, 1.82) is 0 Å². The molecule has 76 valence electrons. The molecule has 2 unspecified atom stereocenters. The number of rotatable bonds is 5. The lowest BCUT2D eigenvalue weighted by atomic mass is 10.0. The zero-order valence-electron chi connectivity index (χ0n) is 7.95. The van der Waals surface area contributed by atoms with Gasteiger partial charge in [-0.05, 0) is 19.3 Å². The highest BCUT2D eigenvalue weighted by Crippen LogP contribution is 2.15. The van der Waals surface area contributed by atoms with Crippen LogP contribution in [0.25, 0.3) is 0 Å². The van der Waals surface area contributed by atoms with Gasteiger partial charge in [0.05, 0.1) is 13.0 Å². The fourth-order valence-corrected chi connectivity index (χ4v) is 1.52. The quantitative estimate of drug-likeness (QED) is 0.657. The summed E-state index contributed by atoms with van der Waals surface area (Å²) >= 11 is 0. The number of carbonyl (C=O) groups is 1. The van der Waals surface area contributed by atoms with E-state index >= 15 is 0 Å². The van der Waals surface area contributed by atoms with Crippen LogP contribution in [0.3, 0.4) is 0 Å². The molecule has 0 saturated carbocycles. The van der Waals surface area contributed by atoms with E-state index in [4.69, 9.17) is 9.84 Å². The molecule has 13 heavy (non-hydrogen) atoms. The Bertz CT molecular complexity index is 166. The van der Waals surface area contributed by atoms with Gasteiger partial charge in [-0.25, -0.2) is 0 Å². The van der Waals surface area contributed by atoms with Crippen molar-refractivity contribution in [2.24, 2.45) is 5.92 Å². The van der Waals surface area contributed by atoms with E-state index in [9.17, 15) is 4.79 Å². The zero-order chi connectivity index (χ0) is 9.68. The van der Waals surface area contributed by atoms with Crippen molar-refractivity contribution in [2.45, 2.75) is 25.8 Å². The molecular formula is C9H17NO3. The van der Waals surface area contributed by atoms with E-state index in [2.05, 4.69) is 12.2 Å². The summed E-state index contributed by atoms with van der Waals surface area (Å²) in [6.45, 7) is 4.28. The summed E-state index contributed by atoms with van der Waals surface area (Å²) in [6.07, 6.45) is 1.28. The number of hydrogen-bond donors (Lipinski definition) is 2. The number of aliphatic carboxylic acids is 1. The van der Waals surface area contributed by atoms with Crippen LogP contribution in [0.5, 0.6) is 0 Å². The molecule has 2 N–H and O–H groups in total. The third kappa shape index (κ3) is 3.74. The third-order valence-corrected chi connectivity index (χ3v) is 2.48. The Morgan fingerprint density at radius 1 is 1.77 bits per heavy atom.